The van der Waals surface area contributed by atoms with Gasteiger partial charge >= 0.3 is 0 Å². The smallest absolute Gasteiger partial charge is 0.279 e. The third-order valence-electron chi connectivity index (χ3n) is 4.12. The molecule has 21 heavy (non-hydrogen) atoms. The molecule has 1 aromatic carbocycles. The van der Waals surface area contributed by atoms with Crippen molar-refractivity contribution < 1.29 is 9.85 Å². The van der Waals surface area contributed by atoms with Crippen LogP contribution in [0, 0.1) is 20.2 Å². The summed E-state index contributed by atoms with van der Waals surface area (Å²) in [6.07, 6.45) is 6.39. The minimum atomic E-state index is -0.624. The summed E-state index contributed by atoms with van der Waals surface area (Å²) in [5.41, 5.74) is 5.96. The Morgan fingerprint density at radius 3 is 2.19 bits per heavy atom. The maximum Gasteiger partial charge on any atom is 0.279 e. The molecule has 0 amide bonds. The first-order valence-corrected chi connectivity index (χ1v) is 7.12. The zero-order valence-electron chi connectivity index (χ0n) is 11.8. The summed E-state index contributed by atoms with van der Waals surface area (Å²) >= 11 is 0. The number of nitrogens with zero attached hydrogens (tertiary/aromatic N) is 2. The van der Waals surface area contributed by atoms with E-state index in [9.17, 15) is 20.2 Å². The van der Waals surface area contributed by atoms with Crippen LogP contribution in [0.1, 0.15) is 44.1 Å². The zero-order chi connectivity index (χ0) is 15.5. The molecule has 0 aliphatic heterocycles. The second-order valence-corrected chi connectivity index (χ2v) is 5.78. The number of nitro groups is 2. The molecule has 0 bridgehead atoms. The molecule has 1 aromatic rings. The number of hydrogen-bond acceptors (Lipinski definition) is 5. The molecule has 0 aromatic heterocycles. The van der Waals surface area contributed by atoms with Gasteiger partial charge in [0, 0.05) is 17.2 Å². The van der Waals surface area contributed by atoms with Crippen LogP contribution in [0.5, 0.6) is 0 Å². The standard InChI is InChI=1S/C14H19N3O4/c15-14(7-3-1-2-4-8-14)10-11-5-6-12(16(18)19)9-13(11)17(20)21/h5-6,9H,1-4,7-8,10,15H2. The molecule has 7 heteroatoms. The maximum absolute atomic E-state index is 11.2. The SMILES string of the molecule is NC1(Cc2ccc([N+](=O)[O-])cc2[N+](=O)[O-])CCCCCC1. The van der Waals surface area contributed by atoms with Crippen molar-refractivity contribution in [3.63, 3.8) is 0 Å². The van der Waals surface area contributed by atoms with Crippen molar-refractivity contribution in [2.75, 3.05) is 0 Å². The number of rotatable bonds is 4. The van der Waals surface area contributed by atoms with Gasteiger partial charge in [0.1, 0.15) is 0 Å². The van der Waals surface area contributed by atoms with Gasteiger partial charge in [0.15, 0.2) is 0 Å². The molecule has 1 aliphatic rings. The molecular weight excluding hydrogens is 274 g/mol. The molecule has 1 aliphatic carbocycles. The van der Waals surface area contributed by atoms with Gasteiger partial charge in [-0.2, -0.15) is 0 Å². The van der Waals surface area contributed by atoms with E-state index in [4.69, 9.17) is 5.73 Å². The van der Waals surface area contributed by atoms with Crippen LogP contribution >= 0.6 is 0 Å². The van der Waals surface area contributed by atoms with Gasteiger partial charge in [-0.15, -0.1) is 0 Å². The van der Waals surface area contributed by atoms with Crippen LogP contribution in [-0.2, 0) is 6.42 Å². The Labute approximate surface area is 122 Å². The number of benzene rings is 1. The van der Waals surface area contributed by atoms with Crippen LogP contribution in [0.4, 0.5) is 11.4 Å². The van der Waals surface area contributed by atoms with Crippen LogP contribution in [0.25, 0.3) is 0 Å². The largest absolute Gasteiger partial charge is 0.325 e. The Bertz CT molecular complexity index is 551. The number of non-ortho nitro benzene ring substituents is 1. The lowest BCUT2D eigenvalue weighted by molar-refractivity contribution is -0.394. The summed E-state index contributed by atoms with van der Waals surface area (Å²) in [6.45, 7) is 0. The highest BCUT2D eigenvalue weighted by atomic mass is 16.6. The second kappa shape index (κ2) is 6.17. The van der Waals surface area contributed by atoms with Crippen LogP contribution in [0.2, 0.25) is 0 Å². The summed E-state index contributed by atoms with van der Waals surface area (Å²) < 4.78 is 0. The molecule has 0 radical (unpaired) electrons. The minimum absolute atomic E-state index is 0.210. The van der Waals surface area contributed by atoms with E-state index in [1.165, 1.54) is 12.1 Å². The number of nitro benzene ring substituents is 2. The zero-order valence-corrected chi connectivity index (χ0v) is 11.8. The molecule has 7 nitrogen and oxygen atoms in total. The van der Waals surface area contributed by atoms with Gasteiger partial charge in [0.25, 0.3) is 11.4 Å². The van der Waals surface area contributed by atoms with E-state index in [-0.39, 0.29) is 11.4 Å². The van der Waals surface area contributed by atoms with Gasteiger partial charge in [0.05, 0.1) is 15.9 Å². The van der Waals surface area contributed by atoms with Crippen molar-refractivity contribution in [3.05, 3.63) is 44.0 Å². The average Bonchev–Trinajstić information content (AvgIpc) is 2.63. The van der Waals surface area contributed by atoms with E-state index in [2.05, 4.69) is 0 Å². The predicted molar refractivity (Wildman–Crippen MR) is 78.1 cm³/mol. The topological polar surface area (TPSA) is 112 Å². The number of hydrogen-bond donors (Lipinski definition) is 1. The molecule has 1 fully saturated rings. The lowest BCUT2D eigenvalue weighted by atomic mass is 9.84. The van der Waals surface area contributed by atoms with Gasteiger partial charge < -0.3 is 5.73 Å². The highest BCUT2D eigenvalue weighted by Gasteiger charge is 2.30. The summed E-state index contributed by atoms with van der Waals surface area (Å²) in [6, 6.07) is 3.80. The number of nitrogens with two attached hydrogens (primary N) is 1. The summed E-state index contributed by atoms with van der Waals surface area (Å²) in [4.78, 5) is 20.7. The molecule has 0 spiro atoms. The fraction of sp³-hybridized carbons (Fsp3) is 0.571. The first-order chi connectivity index (χ1) is 9.91. The van der Waals surface area contributed by atoms with Crippen LogP contribution in [-0.4, -0.2) is 15.4 Å². The molecule has 114 valence electrons. The molecule has 0 saturated heterocycles. The second-order valence-electron chi connectivity index (χ2n) is 5.78. The summed E-state index contributed by atoms with van der Waals surface area (Å²) in [5, 5.41) is 21.9. The van der Waals surface area contributed by atoms with Crippen LogP contribution in [0.3, 0.4) is 0 Å². The van der Waals surface area contributed by atoms with E-state index in [0.29, 0.717) is 12.0 Å². The van der Waals surface area contributed by atoms with Crippen molar-refractivity contribution >= 4 is 11.4 Å². The predicted octanol–water partition coefficient (Wildman–Crippen LogP) is 3.10. The minimum Gasteiger partial charge on any atom is -0.325 e. The van der Waals surface area contributed by atoms with Crippen molar-refractivity contribution in [2.24, 2.45) is 5.73 Å². The molecule has 0 heterocycles. The monoisotopic (exact) mass is 293 g/mol. The summed E-state index contributed by atoms with van der Waals surface area (Å²) in [7, 11) is 0. The third kappa shape index (κ3) is 3.75. The Hall–Kier alpha value is -2.02. The normalized spacial score (nSPS) is 18.0. The fourth-order valence-corrected chi connectivity index (χ4v) is 2.97. The van der Waals surface area contributed by atoms with Gasteiger partial charge in [-0.05, 0) is 25.3 Å². The van der Waals surface area contributed by atoms with Crippen molar-refractivity contribution in [1.82, 2.24) is 0 Å². The lowest BCUT2D eigenvalue weighted by Gasteiger charge is -2.28. The first kappa shape index (κ1) is 15.4. The van der Waals surface area contributed by atoms with E-state index < -0.39 is 15.4 Å². The van der Waals surface area contributed by atoms with Crippen molar-refractivity contribution in [1.29, 1.82) is 0 Å². The quantitative estimate of drug-likeness (QED) is 0.520. The molecular formula is C14H19N3O4. The Kier molecular flexibility index (Phi) is 4.52. The fourth-order valence-electron chi connectivity index (χ4n) is 2.97. The van der Waals surface area contributed by atoms with Crippen molar-refractivity contribution in [2.45, 2.75) is 50.5 Å². The van der Waals surface area contributed by atoms with E-state index in [0.717, 1.165) is 44.6 Å². The van der Waals surface area contributed by atoms with Crippen LogP contribution < -0.4 is 5.73 Å². The highest BCUT2D eigenvalue weighted by Crippen LogP contribution is 2.32. The lowest BCUT2D eigenvalue weighted by Crippen LogP contribution is -2.41. The third-order valence-corrected chi connectivity index (χ3v) is 4.12. The van der Waals surface area contributed by atoms with Crippen molar-refractivity contribution in [3.8, 4) is 0 Å². The highest BCUT2D eigenvalue weighted by molar-refractivity contribution is 5.49. The Morgan fingerprint density at radius 2 is 1.67 bits per heavy atom. The summed E-state index contributed by atoms with van der Waals surface area (Å²) in [5.74, 6) is 0. The molecule has 2 N–H and O–H groups in total. The van der Waals surface area contributed by atoms with E-state index >= 15 is 0 Å². The molecule has 0 unspecified atom stereocenters. The Morgan fingerprint density at radius 1 is 1.05 bits per heavy atom. The van der Waals surface area contributed by atoms with Crippen LogP contribution in [0.15, 0.2) is 18.2 Å². The first-order valence-electron chi connectivity index (χ1n) is 7.12. The van der Waals surface area contributed by atoms with Gasteiger partial charge in [-0.25, -0.2) is 0 Å². The van der Waals surface area contributed by atoms with Gasteiger partial charge in [-0.1, -0.05) is 25.7 Å². The maximum atomic E-state index is 11.2. The van der Waals surface area contributed by atoms with E-state index in [1.807, 2.05) is 0 Å². The van der Waals surface area contributed by atoms with E-state index in [1.54, 1.807) is 0 Å². The molecule has 0 atom stereocenters. The van der Waals surface area contributed by atoms with Gasteiger partial charge in [0.2, 0.25) is 0 Å². The molecule has 2 rings (SSSR count). The Balaban J connectivity index is 2.30. The average molecular weight is 293 g/mol. The molecule has 1 saturated carbocycles. The van der Waals surface area contributed by atoms with Gasteiger partial charge in [-0.3, -0.25) is 20.2 Å².